The predicted molar refractivity (Wildman–Crippen MR) is 67.7 cm³/mol. The molecule has 1 nitrogen and oxygen atoms in total. The zero-order chi connectivity index (χ0) is 10.5. The lowest BCUT2D eigenvalue weighted by Crippen LogP contribution is -1.81. The van der Waals surface area contributed by atoms with Crippen molar-refractivity contribution in [2.45, 2.75) is 16.5 Å². The minimum atomic E-state index is 0.506. The van der Waals surface area contributed by atoms with Gasteiger partial charge in [-0.2, -0.15) is 0 Å². The molecule has 4 heteroatoms. The maximum atomic E-state index is 5.69. The first-order valence-electron chi connectivity index (χ1n) is 4.55. The van der Waals surface area contributed by atoms with E-state index in [4.69, 9.17) is 11.6 Å². The Labute approximate surface area is 103 Å². The van der Waals surface area contributed by atoms with Gasteiger partial charge in [0.05, 0.1) is 17.3 Å². The van der Waals surface area contributed by atoms with Crippen LogP contribution in [0.5, 0.6) is 0 Å². The number of benzene rings is 1. The first-order valence-corrected chi connectivity index (χ1v) is 6.95. The number of hydrogen-bond donors (Lipinski definition) is 0. The van der Waals surface area contributed by atoms with Gasteiger partial charge in [-0.3, -0.25) is 0 Å². The normalized spacial score (nSPS) is 10.5. The molecule has 0 N–H and O–H groups in total. The van der Waals surface area contributed by atoms with E-state index in [1.807, 2.05) is 23.6 Å². The zero-order valence-electron chi connectivity index (χ0n) is 8.02. The van der Waals surface area contributed by atoms with Crippen molar-refractivity contribution in [3.05, 3.63) is 46.4 Å². The number of alkyl halides is 1. The van der Waals surface area contributed by atoms with E-state index in [0.717, 1.165) is 16.5 Å². The van der Waals surface area contributed by atoms with Crippen LogP contribution in [0.2, 0.25) is 0 Å². The molecule has 0 spiro atoms. The second kappa shape index (κ2) is 5.54. The molecule has 0 aliphatic carbocycles. The summed E-state index contributed by atoms with van der Waals surface area (Å²) in [6, 6.07) is 10.4. The third-order valence-corrected chi connectivity index (χ3v) is 4.22. The molecule has 0 amide bonds. The molecule has 0 saturated carbocycles. The molecule has 0 unspecified atom stereocenters. The Morgan fingerprint density at radius 3 is 2.73 bits per heavy atom. The van der Waals surface area contributed by atoms with Crippen LogP contribution in [0.1, 0.15) is 10.7 Å². The first kappa shape index (κ1) is 11.0. The molecule has 0 bridgehead atoms. The van der Waals surface area contributed by atoms with Gasteiger partial charge in [0.2, 0.25) is 0 Å². The van der Waals surface area contributed by atoms with Crippen LogP contribution in [-0.2, 0) is 11.6 Å². The van der Waals surface area contributed by atoms with Crippen LogP contribution in [0.3, 0.4) is 0 Å². The molecule has 0 saturated heterocycles. The molecule has 0 radical (unpaired) electrons. The molecule has 78 valence electrons. The number of nitrogens with zero attached hydrogens (tertiary/aromatic N) is 1. The molecule has 0 fully saturated rings. The Morgan fingerprint density at radius 1 is 1.27 bits per heavy atom. The van der Waals surface area contributed by atoms with Crippen molar-refractivity contribution in [3.63, 3.8) is 0 Å². The summed E-state index contributed by atoms with van der Waals surface area (Å²) in [4.78, 5) is 5.69. The number of thiazole rings is 1. The van der Waals surface area contributed by atoms with Crippen LogP contribution in [-0.4, -0.2) is 4.98 Å². The highest BCUT2D eigenvalue weighted by molar-refractivity contribution is 7.98. The van der Waals surface area contributed by atoms with E-state index in [1.54, 1.807) is 23.1 Å². The zero-order valence-corrected chi connectivity index (χ0v) is 10.4. The van der Waals surface area contributed by atoms with Gasteiger partial charge in [-0.25, -0.2) is 4.98 Å². The highest BCUT2D eigenvalue weighted by Gasteiger charge is 2.01. The van der Waals surface area contributed by atoms with Crippen molar-refractivity contribution < 1.29 is 0 Å². The van der Waals surface area contributed by atoms with E-state index in [1.165, 1.54) is 4.90 Å². The van der Waals surface area contributed by atoms with Crippen LogP contribution < -0.4 is 0 Å². The summed E-state index contributed by atoms with van der Waals surface area (Å²) in [6.45, 7) is 0. The van der Waals surface area contributed by atoms with E-state index in [0.29, 0.717) is 5.88 Å². The highest BCUT2D eigenvalue weighted by Crippen LogP contribution is 2.24. The molecule has 0 aliphatic heterocycles. The second-order valence-electron chi connectivity index (χ2n) is 2.97. The minimum absolute atomic E-state index is 0.506. The largest absolute Gasteiger partial charge is 0.244 e. The lowest BCUT2D eigenvalue weighted by Gasteiger charge is -1.97. The summed E-state index contributed by atoms with van der Waals surface area (Å²) in [7, 11) is 0. The average Bonchev–Trinajstić information content (AvgIpc) is 2.76. The predicted octanol–water partition coefficient (Wildman–Crippen LogP) is 4.17. The third kappa shape index (κ3) is 3.23. The maximum absolute atomic E-state index is 5.69. The smallest absolute Gasteiger partial charge is 0.103 e. The Hall–Kier alpha value is -0.510. The van der Waals surface area contributed by atoms with Gasteiger partial charge < -0.3 is 0 Å². The van der Waals surface area contributed by atoms with E-state index >= 15 is 0 Å². The van der Waals surface area contributed by atoms with E-state index in [2.05, 4.69) is 17.1 Å². The summed E-state index contributed by atoms with van der Waals surface area (Å²) in [6.07, 6.45) is 0. The van der Waals surface area contributed by atoms with Gasteiger partial charge in [-0.15, -0.1) is 34.7 Å². The lowest BCUT2D eigenvalue weighted by molar-refractivity contribution is 1.16. The number of thioether (sulfide) groups is 1. The molecule has 15 heavy (non-hydrogen) atoms. The molecule has 0 atom stereocenters. The van der Waals surface area contributed by atoms with Crippen LogP contribution in [0.15, 0.2) is 40.6 Å². The van der Waals surface area contributed by atoms with Crippen molar-refractivity contribution in [3.8, 4) is 0 Å². The maximum Gasteiger partial charge on any atom is 0.103 e. The fourth-order valence-electron chi connectivity index (χ4n) is 1.14. The molecular weight excluding hydrogens is 246 g/mol. The summed E-state index contributed by atoms with van der Waals surface area (Å²) >= 11 is 9.17. The Morgan fingerprint density at radius 2 is 2.07 bits per heavy atom. The average molecular weight is 256 g/mol. The van der Waals surface area contributed by atoms with Gasteiger partial charge in [-0.05, 0) is 12.1 Å². The van der Waals surface area contributed by atoms with Gasteiger partial charge in [0.25, 0.3) is 0 Å². The molecule has 2 aromatic rings. The van der Waals surface area contributed by atoms with Crippen LogP contribution >= 0.6 is 34.7 Å². The molecular formula is C11H10ClNS2. The fraction of sp³-hybridized carbons (Fsp3) is 0.182. The molecule has 1 aromatic heterocycles. The first-order chi connectivity index (χ1) is 7.38. The van der Waals surface area contributed by atoms with E-state index in [9.17, 15) is 0 Å². The quantitative estimate of drug-likeness (QED) is 0.601. The Balaban J connectivity index is 1.93. The lowest BCUT2D eigenvalue weighted by atomic mass is 10.4. The summed E-state index contributed by atoms with van der Waals surface area (Å²) in [5.74, 6) is 1.43. The SMILES string of the molecule is ClCc1csc(CSc2ccccc2)n1. The van der Waals surface area contributed by atoms with Gasteiger partial charge in [0.15, 0.2) is 0 Å². The Bertz CT molecular complexity index is 414. The highest BCUT2D eigenvalue weighted by atomic mass is 35.5. The van der Waals surface area contributed by atoms with Crippen molar-refractivity contribution in [2.75, 3.05) is 0 Å². The summed E-state index contributed by atoms with van der Waals surface area (Å²) < 4.78 is 0. The van der Waals surface area contributed by atoms with Crippen LogP contribution in [0.4, 0.5) is 0 Å². The summed E-state index contributed by atoms with van der Waals surface area (Å²) in [5.41, 5.74) is 0.977. The topological polar surface area (TPSA) is 12.9 Å². The van der Waals surface area contributed by atoms with Crippen LogP contribution in [0, 0.1) is 0 Å². The molecule has 1 aromatic carbocycles. The molecule has 0 aliphatic rings. The molecule has 1 heterocycles. The number of halogens is 1. The van der Waals surface area contributed by atoms with Crippen molar-refractivity contribution in [2.24, 2.45) is 0 Å². The van der Waals surface area contributed by atoms with E-state index in [-0.39, 0.29) is 0 Å². The fourth-order valence-corrected chi connectivity index (χ4v) is 3.10. The summed E-state index contributed by atoms with van der Waals surface area (Å²) in [5, 5.41) is 3.16. The third-order valence-electron chi connectivity index (χ3n) is 1.84. The number of aromatic nitrogens is 1. The van der Waals surface area contributed by atoms with Crippen LogP contribution in [0.25, 0.3) is 0 Å². The second-order valence-corrected chi connectivity index (χ2v) is 5.23. The van der Waals surface area contributed by atoms with Gasteiger partial charge >= 0.3 is 0 Å². The van der Waals surface area contributed by atoms with E-state index < -0.39 is 0 Å². The van der Waals surface area contributed by atoms with Crippen molar-refractivity contribution in [1.29, 1.82) is 0 Å². The minimum Gasteiger partial charge on any atom is -0.244 e. The Kier molecular flexibility index (Phi) is 4.06. The monoisotopic (exact) mass is 255 g/mol. The standard InChI is InChI=1S/C11H10ClNS2/c12-6-9-7-15-11(13-9)8-14-10-4-2-1-3-5-10/h1-5,7H,6,8H2. The van der Waals surface area contributed by atoms with Gasteiger partial charge in [-0.1, -0.05) is 18.2 Å². The number of rotatable bonds is 4. The van der Waals surface area contributed by atoms with Crippen molar-refractivity contribution in [1.82, 2.24) is 4.98 Å². The van der Waals surface area contributed by atoms with Gasteiger partial charge in [0, 0.05) is 10.3 Å². The molecule has 2 rings (SSSR count). The van der Waals surface area contributed by atoms with Gasteiger partial charge in [0.1, 0.15) is 5.01 Å². The number of hydrogen-bond acceptors (Lipinski definition) is 3. The van der Waals surface area contributed by atoms with Crippen molar-refractivity contribution >= 4 is 34.7 Å².